The van der Waals surface area contributed by atoms with E-state index in [1.54, 1.807) is 9.36 Å². The van der Waals surface area contributed by atoms with Crippen molar-refractivity contribution in [1.29, 1.82) is 0 Å². The molecule has 2 aromatic rings. The Kier molecular flexibility index (Phi) is 4.47. The van der Waals surface area contributed by atoms with E-state index in [9.17, 15) is 4.79 Å². The minimum absolute atomic E-state index is 0.0735. The van der Waals surface area contributed by atoms with Gasteiger partial charge < -0.3 is 10.1 Å². The highest BCUT2D eigenvalue weighted by Gasteiger charge is 2.32. The van der Waals surface area contributed by atoms with E-state index in [0.29, 0.717) is 36.9 Å². The van der Waals surface area contributed by atoms with Gasteiger partial charge in [0.05, 0.1) is 24.4 Å². The van der Waals surface area contributed by atoms with Crippen LogP contribution in [0, 0.1) is 5.92 Å². The van der Waals surface area contributed by atoms with Gasteiger partial charge in [-0.1, -0.05) is 0 Å². The number of carbonyl (C=O) groups excluding carboxylic acids is 1. The van der Waals surface area contributed by atoms with E-state index >= 15 is 0 Å². The molecule has 26 heavy (non-hydrogen) atoms. The topological polar surface area (TPSA) is 99.8 Å². The highest BCUT2D eigenvalue weighted by atomic mass is 16.5. The molecule has 0 spiro atoms. The second kappa shape index (κ2) is 6.79. The molecule has 1 saturated carbocycles. The smallest absolute Gasteiger partial charge is 0.270 e. The highest BCUT2D eigenvalue weighted by Crippen LogP contribution is 2.32. The molecule has 0 bridgehead atoms. The van der Waals surface area contributed by atoms with E-state index in [1.165, 1.54) is 12.8 Å². The summed E-state index contributed by atoms with van der Waals surface area (Å²) >= 11 is 0. The summed E-state index contributed by atoms with van der Waals surface area (Å²) in [5.41, 5.74) is 2.49. The number of fused-ring (bicyclic) bond motifs is 1. The van der Waals surface area contributed by atoms with Gasteiger partial charge in [-0.15, -0.1) is 5.10 Å². The van der Waals surface area contributed by atoms with Crippen molar-refractivity contribution in [3.63, 3.8) is 0 Å². The fourth-order valence-electron chi connectivity index (χ4n) is 3.56. The SMILES string of the molecule is CCn1nc2c(c1C(=O)NCc1nnnn1CC1CC1)C[C@H](C)O[C@@H]2C. The van der Waals surface area contributed by atoms with Crippen molar-refractivity contribution in [2.75, 3.05) is 0 Å². The first-order valence-corrected chi connectivity index (χ1v) is 9.35. The second-order valence-corrected chi connectivity index (χ2v) is 7.22. The van der Waals surface area contributed by atoms with Gasteiger partial charge in [0.2, 0.25) is 0 Å². The van der Waals surface area contributed by atoms with Gasteiger partial charge in [-0.25, -0.2) is 4.68 Å². The Bertz CT molecular complexity index is 808. The van der Waals surface area contributed by atoms with E-state index in [0.717, 1.165) is 17.8 Å². The third-order valence-electron chi connectivity index (χ3n) is 5.05. The largest absolute Gasteiger partial charge is 0.369 e. The van der Waals surface area contributed by atoms with Crippen LogP contribution in [-0.2, 0) is 30.8 Å². The predicted octanol–water partition coefficient (Wildman–Crippen LogP) is 1.25. The van der Waals surface area contributed by atoms with E-state index in [4.69, 9.17) is 4.74 Å². The summed E-state index contributed by atoms with van der Waals surface area (Å²) in [6, 6.07) is 0. The number of ether oxygens (including phenoxy) is 1. The van der Waals surface area contributed by atoms with E-state index < -0.39 is 0 Å². The fourth-order valence-corrected chi connectivity index (χ4v) is 3.56. The van der Waals surface area contributed by atoms with Gasteiger partial charge in [-0.2, -0.15) is 5.10 Å². The summed E-state index contributed by atoms with van der Waals surface area (Å²) in [4.78, 5) is 12.9. The summed E-state index contributed by atoms with van der Waals surface area (Å²) in [6.07, 6.45) is 3.13. The normalized spacial score (nSPS) is 22.3. The number of aryl methyl sites for hydroxylation is 1. The third kappa shape index (κ3) is 3.23. The summed E-state index contributed by atoms with van der Waals surface area (Å²) < 4.78 is 9.41. The van der Waals surface area contributed by atoms with Crippen molar-refractivity contribution < 1.29 is 9.53 Å². The second-order valence-electron chi connectivity index (χ2n) is 7.22. The van der Waals surface area contributed by atoms with Gasteiger partial charge in [0.25, 0.3) is 5.91 Å². The molecule has 1 aliphatic heterocycles. The fraction of sp³-hybridized carbons (Fsp3) is 0.706. The van der Waals surface area contributed by atoms with Crippen molar-refractivity contribution >= 4 is 5.91 Å². The van der Waals surface area contributed by atoms with Crippen molar-refractivity contribution in [2.45, 2.75) is 71.9 Å². The third-order valence-corrected chi connectivity index (χ3v) is 5.05. The minimum atomic E-state index is -0.136. The zero-order valence-corrected chi connectivity index (χ0v) is 15.5. The Balaban J connectivity index is 1.52. The lowest BCUT2D eigenvalue weighted by Crippen LogP contribution is -2.30. The van der Waals surface area contributed by atoms with Crippen LogP contribution in [0.25, 0.3) is 0 Å². The summed E-state index contributed by atoms with van der Waals surface area (Å²) in [5.74, 6) is 1.22. The highest BCUT2D eigenvalue weighted by molar-refractivity contribution is 5.94. The van der Waals surface area contributed by atoms with Crippen LogP contribution in [0.3, 0.4) is 0 Å². The average molecular weight is 359 g/mol. The molecule has 1 aliphatic carbocycles. The molecule has 4 rings (SSSR count). The number of carbonyl (C=O) groups is 1. The number of tetrazole rings is 1. The first kappa shape index (κ1) is 17.1. The zero-order chi connectivity index (χ0) is 18.3. The van der Waals surface area contributed by atoms with Gasteiger partial charge in [-0.05, 0) is 50.0 Å². The van der Waals surface area contributed by atoms with Crippen LogP contribution in [0.2, 0.25) is 0 Å². The summed E-state index contributed by atoms with van der Waals surface area (Å²) in [5, 5.41) is 19.4. The summed E-state index contributed by atoms with van der Waals surface area (Å²) in [6.45, 7) is 7.76. The standard InChI is InChI=1S/C17H25N7O2/c1-4-23-16(13-7-10(2)26-11(3)15(13)20-23)17(25)18-8-14-19-21-22-24(14)9-12-5-6-12/h10-12H,4-9H2,1-3H3,(H,18,25)/t10-,11+/m0/s1. The molecule has 3 heterocycles. The minimum Gasteiger partial charge on any atom is -0.369 e. The van der Waals surface area contributed by atoms with Gasteiger partial charge >= 0.3 is 0 Å². The molecule has 9 heteroatoms. The van der Waals surface area contributed by atoms with E-state index in [1.807, 2.05) is 20.8 Å². The molecule has 9 nitrogen and oxygen atoms in total. The number of hydrogen-bond acceptors (Lipinski definition) is 6. The molecule has 2 aliphatic rings. The van der Waals surface area contributed by atoms with Crippen LogP contribution >= 0.6 is 0 Å². The quantitative estimate of drug-likeness (QED) is 0.833. The molecule has 1 N–H and O–H groups in total. The van der Waals surface area contributed by atoms with Crippen LogP contribution in [-0.4, -0.2) is 42.0 Å². The molecule has 140 valence electrons. The van der Waals surface area contributed by atoms with E-state index in [-0.39, 0.29) is 18.1 Å². The van der Waals surface area contributed by atoms with Gasteiger partial charge in [0.15, 0.2) is 5.82 Å². The van der Waals surface area contributed by atoms with Crippen LogP contribution < -0.4 is 5.32 Å². The number of hydrogen-bond donors (Lipinski definition) is 1. The Labute approximate surface area is 152 Å². The summed E-state index contributed by atoms with van der Waals surface area (Å²) in [7, 11) is 0. The monoisotopic (exact) mass is 359 g/mol. The average Bonchev–Trinajstić information content (AvgIpc) is 3.17. The Morgan fingerprint density at radius 1 is 1.31 bits per heavy atom. The molecule has 2 aromatic heterocycles. The Hall–Kier alpha value is -2.29. The molecule has 0 aromatic carbocycles. The molecule has 2 atom stereocenters. The lowest BCUT2D eigenvalue weighted by molar-refractivity contribution is -0.00712. The molecule has 0 radical (unpaired) electrons. The Morgan fingerprint density at radius 3 is 2.85 bits per heavy atom. The van der Waals surface area contributed by atoms with Crippen LogP contribution in [0.15, 0.2) is 0 Å². The number of rotatable bonds is 6. The first-order valence-electron chi connectivity index (χ1n) is 9.35. The van der Waals surface area contributed by atoms with Crippen LogP contribution in [0.5, 0.6) is 0 Å². The maximum absolute atomic E-state index is 12.9. The van der Waals surface area contributed by atoms with Crippen LogP contribution in [0.1, 0.15) is 67.3 Å². The number of aromatic nitrogens is 6. The van der Waals surface area contributed by atoms with Crippen molar-refractivity contribution in [3.05, 3.63) is 22.8 Å². The lowest BCUT2D eigenvalue weighted by atomic mass is 9.99. The molecule has 0 unspecified atom stereocenters. The lowest BCUT2D eigenvalue weighted by Gasteiger charge is -2.24. The molecule has 1 fully saturated rings. The van der Waals surface area contributed by atoms with Crippen molar-refractivity contribution in [2.24, 2.45) is 5.92 Å². The molecular weight excluding hydrogens is 334 g/mol. The number of nitrogens with one attached hydrogen (secondary N) is 1. The predicted molar refractivity (Wildman–Crippen MR) is 92.3 cm³/mol. The van der Waals surface area contributed by atoms with E-state index in [2.05, 4.69) is 25.9 Å². The molecule has 0 saturated heterocycles. The number of nitrogens with zero attached hydrogens (tertiary/aromatic N) is 6. The van der Waals surface area contributed by atoms with Gasteiger partial charge in [0.1, 0.15) is 5.69 Å². The van der Waals surface area contributed by atoms with Gasteiger partial charge in [-0.3, -0.25) is 9.48 Å². The van der Waals surface area contributed by atoms with Gasteiger partial charge in [0, 0.05) is 25.1 Å². The maximum atomic E-state index is 12.9. The Morgan fingerprint density at radius 2 is 2.12 bits per heavy atom. The van der Waals surface area contributed by atoms with Crippen molar-refractivity contribution in [3.8, 4) is 0 Å². The zero-order valence-electron chi connectivity index (χ0n) is 15.5. The van der Waals surface area contributed by atoms with Crippen molar-refractivity contribution in [1.82, 2.24) is 35.3 Å². The maximum Gasteiger partial charge on any atom is 0.270 e. The molecule has 1 amide bonds. The van der Waals surface area contributed by atoms with Crippen LogP contribution in [0.4, 0.5) is 0 Å². The first-order chi connectivity index (χ1) is 12.6. The number of amides is 1. The molecular formula is C17H25N7O2.